The summed E-state index contributed by atoms with van der Waals surface area (Å²) >= 11 is 0. The Morgan fingerprint density at radius 3 is 2.19 bits per heavy atom. The highest BCUT2D eigenvalue weighted by molar-refractivity contribution is 6.41. The molecule has 0 atom stereocenters. The first kappa shape index (κ1) is 16.3. The summed E-state index contributed by atoms with van der Waals surface area (Å²) in [7, 11) is 0. The van der Waals surface area contributed by atoms with Crippen molar-refractivity contribution in [2.75, 3.05) is 9.80 Å². The Labute approximate surface area is 151 Å². The van der Waals surface area contributed by atoms with Gasteiger partial charge in [-0.15, -0.1) is 0 Å². The van der Waals surface area contributed by atoms with Crippen molar-refractivity contribution in [3.63, 3.8) is 0 Å². The monoisotopic (exact) mass is 346 g/mol. The minimum atomic E-state index is -0.412. The summed E-state index contributed by atoms with van der Waals surface area (Å²) in [5.74, 6) is -0.936. The van der Waals surface area contributed by atoms with Crippen LogP contribution in [-0.4, -0.2) is 23.8 Å². The topological polar surface area (TPSA) is 57.7 Å². The molecule has 5 heteroatoms. The van der Waals surface area contributed by atoms with Crippen molar-refractivity contribution in [2.45, 2.75) is 26.3 Å². The summed E-state index contributed by atoms with van der Waals surface area (Å²) in [5.41, 5.74) is 2.66. The van der Waals surface area contributed by atoms with E-state index in [9.17, 15) is 14.4 Å². The zero-order valence-electron chi connectivity index (χ0n) is 14.6. The molecule has 0 radical (unpaired) electrons. The molecule has 2 aromatic rings. The van der Waals surface area contributed by atoms with Crippen LogP contribution in [0.2, 0.25) is 0 Å². The van der Waals surface area contributed by atoms with Crippen molar-refractivity contribution in [1.29, 1.82) is 0 Å². The van der Waals surface area contributed by atoms with Gasteiger partial charge in [-0.05, 0) is 32.0 Å². The molecule has 3 amide bonds. The summed E-state index contributed by atoms with van der Waals surface area (Å²) in [6.45, 7) is 3.86. The van der Waals surface area contributed by atoms with Gasteiger partial charge >= 0.3 is 0 Å². The van der Waals surface area contributed by atoms with E-state index in [2.05, 4.69) is 0 Å². The molecule has 0 unspecified atom stereocenters. The lowest BCUT2D eigenvalue weighted by molar-refractivity contribution is -0.121. The number of imide groups is 1. The van der Waals surface area contributed by atoms with Gasteiger partial charge in [-0.3, -0.25) is 14.4 Å². The van der Waals surface area contributed by atoms with E-state index in [-0.39, 0.29) is 29.9 Å². The van der Waals surface area contributed by atoms with Crippen LogP contribution in [0.3, 0.4) is 0 Å². The standard InChI is InChI=1S/C21H18N2O3/c1-13(2)22-17-11-7-6-10-15(17)19(21(22)26)16-12-18(24)23(20(16)25)14-8-4-3-5-9-14/h3-11,13H,12H2,1-2H3/b19-16-. The van der Waals surface area contributed by atoms with E-state index < -0.39 is 5.91 Å². The molecule has 26 heavy (non-hydrogen) atoms. The third-order valence-electron chi connectivity index (χ3n) is 4.74. The van der Waals surface area contributed by atoms with E-state index in [1.54, 1.807) is 29.2 Å². The average molecular weight is 346 g/mol. The van der Waals surface area contributed by atoms with Crippen LogP contribution >= 0.6 is 0 Å². The number of fused-ring (bicyclic) bond motifs is 1. The second kappa shape index (κ2) is 5.95. The molecule has 2 aliphatic rings. The fourth-order valence-corrected chi connectivity index (χ4v) is 3.63. The Morgan fingerprint density at radius 2 is 1.50 bits per heavy atom. The molecule has 2 heterocycles. The number of carbonyl (C=O) groups excluding carboxylic acids is 3. The van der Waals surface area contributed by atoms with Gasteiger partial charge in [0.2, 0.25) is 5.91 Å². The summed E-state index contributed by atoms with van der Waals surface area (Å²) in [6.07, 6.45) is -0.0604. The average Bonchev–Trinajstić information content (AvgIpc) is 3.08. The maximum Gasteiger partial charge on any atom is 0.262 e. The molecule has 0 spiro atoms. The molecule has 2 aromatic carbocycles. The van der Waals surface area contributed by atoms with Gasteiger partial charge in [0.25, 0.3) is 11.8 Å². The number of carbonyl (C=O) groups is 3. The van der Waals surface area contributed by atoms with Crippen LogP contribution in [-0.2, 0) is 14.4 Å². The number of benzene rings is 2. The highest BCUT2D eigenvalue weighted by Gasteiger charge is 2.43. The summed E-state index contributed by atoms with van der Waals surface area (Å²) in [4.78, 5) is 41.5. The molecular weight excluding hydrogens is 328 g/mol. The molecule has 2 aliphatic heterocycles. The number of nitrogens with zero attached hydrogens (tertiary/aromatic N) is 2. The third-order valence-corrected chi connectivity index (χ3v) is 4.74. The van der Waals surface area contributed by atoms with Crippen molar-refractivity contribution in [3.8, 4) is 0 Å². The lowest BCUT2D eigenvalue weighted by Crippen LogP contribution is -2.34. The largest absolute Gasteiger partial charge is 0.305 e. The lowest BCUT2D eigenvalue weighted by Gasteiger charge is -2.21. The Kier molecular flexibility index (Phi) is 3.72. The summed E-state index contributed by atoms with van der Waals surface area (Å²) < 4.78 is 0. The first-order valence-corrected chi connectivity index (χ1v) is 8.59. The number of rotatable bonds is 2. The van der Waals surface area contributed by atoms with Crippen LogP contribution in [0.25, 0.3) is 5.57 Å². The van der Waals surface area contributed by atoms with Crippen molar-refractivity contribution in [3.05, 3.63) is 65.7 Å². The number of para-hydroxylation sites is 2. The zero-order chi connectivity index (χ0) is 18.4. The first-order chi connectivity index (χ1) is 12.5. The van der Waals surface area contributed by atoms with E-state index in [4.69, 9.17) is 0 Å². The second-order valence-corrected chi connectivity index (χ2v) is 6.69. The maximum atomic E-state index is 13.1. The van der Waals surface area contributed by atoms with E-state index >= 15 is 0 Å². The van der Waals surface area contributed by atoms with Crippen LogP contribution in [0.15, 0.2) is 60.2 Å². The Bertz CT molecular complexity index is 960. The minimum Gasteiger partial charge on any atom is -0.305 e. The highest BCUT2D eigenvalue weighted by Crippen LogP contribution is 2.42. The third kappa shape index (κ3) is 2.28. The molecule has 0 N–H and O–H groups in total. The van der Waals surface area contributed by atoms with Crippen molar-refractivity contribution in [1.82, 2.24) is 0 Å². The van der Waals surface area contributed by atoms with Gasteiger partial charge in [-0.2, -0.15) is 0 Å². The number of anilines is 2. The number of hydrogen-bond acceptors (Lipinski definition) is 3. The molecule has 0 aliphatic carbocycles. The molecule has 1 saturated heterocycles. The fraction of sp³-hybridized carbons (Fsp3) is 0.190. The molecule has 130 valence electrons. The smallest absolute Gasteiger partial charge is 0.262 e. The Hall–Kier alpha value is -3.21. The van der Waals surface area contributed by atoms with Crippen LogP contribution in [0.5, 0.6) is 0 Å². The van der Waals surface area contributed by atoms with Crippen LogP contribution < -0.4 is 9.80 Å². The van der Waals surface area contributed by atoms with Crippen LogP contribution in [0, 0.1) is 0 Å². The molecule has 0 aromatic heterocycles. The molecule has 0 bridgehead atoms. The van der Waals surface area contributed by atoms with Crippen molar-refractivity contribution >= 4 is 34.7 Å². The summed E-state index contributed by atoms with van der Waals surface area (Å²) in [6, 6.07) is 16.2. The van der Waals surface area contributed by atoms with Crippen molar-refractivity contribution in [2.24, 2.45) is 0 Å². The Morgan fingerprint density at radius 1 is 0.846 bits per heavy atom. The minimum absolute atomic E-state index is 0.0424. The van der Waals surface area contributed by atoms with Gasteiger partial charge in [0.1, 0.15) is 0 Å². The predicted octanol–water partition coefficient (Wildman–Crippen LogP) is 3.16. The molecule has 1 fully saturated rings. The molecule has 4 rings (SSSR count). The predicted molar refractivity (Wildman–Crippen MR) is 99.5 cm³/mol. The quantitative estimate of drug-likeness (QED) is 0.620. The Balaban J connectivity index is 1.86. The second-order valence-electron chi connectivity index (χ2n) is 6.69. The van der Waals surface area contributed by atoms with Crippen LogP contribution in [0.4, 0.5) is 11.4 Å². The van der Waals surface area contributed by atoms with Gasteiger partial charge in [-0.1, -0.05) is 36.4 Å². The number of hydrogen-bond donors (Lipinski definition) is 0. The van der Waals surface area contributed by atoms with Gasteiger partial charge in [-0.25, -0.2) is 4.90 Å². The highest BCUT2D eigenvalue weighted by atomic mass is 16.2. The van der Waals surface area contributed by atoms with Crippen LogP contribution in [0.1, 0.15) is 25.8 Å². The molecule has 0 saturated carbocycles. The van der Waals surface area contributed by atoms with Gasteiger partial charge < -0.3 is 4.90 Å². The lowest BCUT2D eigenvalue weighted by atomic mass is 10.00. The maximum absolute atomic E-state index is 13.1. The van der Waals surface area contributed by atoms with Gasteiger partial charge in [0.05, 0.1) is 23.4 Å². The van der Waals surface area contributed by atoms with Gasteiger partial charge in [0.15, 0.2) is 0 Å². The van der Waals surface area contributed by atoms with Gasteiger partial charge in [0, 0.05) is 17.2 Å². The normalized spacial score (nSPS) is 19.7. The summed E-state index contributed by atoms with van der Waals surface area (Å²) in [5, 5.41) is 0. The van der Waals surface area contributed by atoms with E-state index in [1.807, 2.05) is 44.2 Å². The van der Waals surface area contributed by atoms with E-state index in [1.165, 1.54) is 0 Å². The zero-order valence-corrected chi connectivity index (χ0v) is 14.6. The van der Waals surface area contributed by atoms with E-state index in [0.717, 1.165) is 16.2 Å². The first-order valence-electron chi connectivity index (χ1n) is 8.59. The SMILES string of the molecule is CC(C)N1C(=O)/C(=C2/CC(=O)N(c3ccccc3)C2=O)c2ccccc21. The molecule has 5 nitrogen and oxygen atoms in total. The molecular formula is C21H18N2O3. The fourth-order valence-electron chi connectivity index (χ4n) is 3.63. The van der Waals surface area contributed by atoms with Crippen molar-refractivity contribution < 1.29 is 14.4 Å². The number of amides is 3. The van der Waals surface area contributed by atoms with E-state index in [0.29, 0.717) is 11.3 Å².